The molecule has 0 bridgehead atoms. The molecule has 0 N–H and O–H groups in total. The second kappa shape index (κ2) is 16.3. The van der Waals surface area contributed by atoms with Gasteiger partial charge in [-0.2, -0.15) is 11.3 Å². The van der Waals surface area contributed by atoms with E-state index >= 15 is 0 Å². The van der Waals surface area contributed by atoms with E-state index in [0.29, 0.717) is 5.92 Å². The summed E-state index contributed by atoms with van der Waals surface area (Å²) in [6, 6.07) is 9.15. The molecule has 1 heterocycles. The lowest BCUT2D eigenvalue weighted by molar-refractivity contribution is 0.306. The molecule has 0 aromatic carbocycles. The number of fused-ring (bicyclic) bond motifs is 3. The minimum atomic E-state index is 0.519. The van der Waals surface area contributed by atoms with Crippen LogP contribution < -0.4 is 4.74 Å². The average molecular weight is 495 g/mol. The lowest BCUT2D eigenvalue weighted by Crippen LogP contribution is -1.97. The van der Waals surface area contributed by atoms with Gasteiger partial charge < -0.3 is 4.74 Å². The smallest absolute Gasteiger partial charge is 0.127 e. The molecule has 194 valence electrons. The van der Waals surface area contributed by atoms with Crippen molar-refractivity contribution in [1.82, 2.24) is 0 Å². The molecule has 1 aromatic heterocycles. The van der Waals surface area contributed by atoms with Gasteiger partial charge in [-0.3, -0.25) is 0 Å². The molecule has 2 aliphatic rings. The van der Waals surface area contributed by atoms with Gasteiger partial charge in [-0.05, 0) is 51.7 Å². The van der Waals surface area contributed by atoms with Crippen LogP contribution in [0.2, 0.25) is 0 Å². The zero-order valence-electron chi connectivity index (χ0n) is 22.9. The Balaban J connectivity index is 1.26. The Hall–Kier alpha value is -1.54. The molecule has 2 aliphatic carbocycles. The monoisotopic (exact) mass is 494 g/mol. The Morgan fingerprint density at radius 3 is 1.83 bits per heavy atom. The van der Waals surface area contributed by atoms with Crippen LogP contribution in [-0.2, 0) is 0 Å². The first-order valence-corrected chi connectivity index (χ1v) is 15.7. The highest BCUT2D eigenvalue weighted by Gasteiger charge is 2.16. The van der Waals surface area contributed by atoms with Crippen LogP contribution in [0.15, 0.2) is 35.0 Å². The van der Waals surface area contributed by atoms with Crippen LogP contribution in [0.4, 0.5) is 0 Å². The van der Waals surface area contributed by atoms with Gasteiger partial charge in [0.1, 0.15) is 5.75 Å². The summed E-state index contributed by atoms with van der Waals surface area (Å²) >= 11 is 1.79. The predicted octanol–water partition coefficient (Wildman–Crippen LogP) is 11.8. The summed E-state index contributed by atoms with van der Waals surface area (Å²) in [6.45, 7) is 7.66. The third kappa shape index (κ3) is 9.45. The highest BCUT2D eigenvalue weighted by molar-refractivity contribution is 7.09. The van der Waals surface area contributed by atoms with Gasteiger partial charge in [-0.15, -0.1) is 0 Å². The molecular weight excluding hydrogens is 444 g/mol. The highest BCUT2D eigenvalue weighted by Crippen LogP contribution is 2.42. The summed E-state index contributed by atoms with van der Waals surface area (Å²) in [6.07, 6.45) is 22.4. The van der Waals surface area contributed by atoms with Crippen molar-refractivity contribution < 1.29 is 4.74 Å². The summed E-state index contributed by atoms with van der Waals surface area (Å²) < 4.78 is 6.37. The summed E-state index contributed by atoms with van der Waals surface area (Å²) in [7, 11) is 0. The Labute approximate surface area is 220 Å². The summed E-state index contributed by atoms with van der Waals surface area (Å²) in [5.41, 5.74) is 3.99. The van der Waals surface area contributed by atoms with Gasteiger partial charge in [0.15, 0.2) is 0 Å². The molecule has 1 nitrogen and oxygen atoms in total. The van der Waals surface area contributed by atoms with Gasteiger partial charge in [-0.1, -0.05) is 129 Å². The molecule has 0 atom stereocenters. The van der Waals surface area contributed by atoms with Crippen molar-refractivity contribution in [1.29, 1.82) is 0 Å². The summed E-state index contributed by atoms with van der Waals surface area (Å²) in [5.74, 6) is 1.58. The predicted molar refractivity (Wildman–Crippen MR) is 158 cm³/mol. The molecule has 35 heavy (non-hydrogen) atoms. The van der Waals surface area contributed by atoms with E-state index in [0.717, 1.165) is 18.8 Å². The number of hydrogen-bond acceptors (Lipinski definition) is 2. The largest absolute Gasteiger partial charge is 0.493 e. The van der Waals surface area contributed by atoms with Gasteiger partial charge in [0.05, 0.1) is 6.61 Å². The van der Waals surface area contributed by atoms with Crippen LogP contribution in [0.3, 0.4) is 0 Å². The normalized spacial score (nSPS) is 11.8. The van der Waals surface area contributed by atoms with E-state index in [9.17, 15) is 0 Å². The molecule has 3 rings (SSSR count). The fourth-order valence-electron chi connectivity index (χ4n) is 5.20. The molecule has 0 fully saturated rings. The number of unbranched alkanes of at least 4 members (excludes halogenated alkanes) is 15. The minimum Gasteiger partial charge on any atom is -0.493 e. The third-order valence-corrected chi connectivity index (χ3v) is 8.24. The van der Waals surface area contributed by atoms with Gasteiger partial charge in [-0.25, -0.2) is 0 Å². The van der Waals surface area contributed by atoms with Crippen molar-refractivity contribution in [3.8, 4) is 16.9 Å². The van der Waals surface area contributed by atoms with Crippen molar-refractivity contribution in [2.24, 2.45) is 0 Å². The second-order valence-corrected chi connectivity index (χ2v) is 11.6. The van der Waals surface area contributed by atoms with Crippen LogP contribution >= 0.6 is 11.3 Å². The number of thiophene rings is 1. The zero-order chi connectivity index (χ0) is 24.7. The molecular formula is C33H50OS. The Morgan fingerprint density at radius 2 is 1.26 bits per heavy atom. The first-order valence-electron chi connectivity index (χ1n) is 14.8. The Bertz CT molecular complexity index is 924. The van der Waals surface area contributed by atoms with Crippen molar-refractivity contribution in [2.75, 3.05) is 6.61 Å². The maximum absolute atomic E-state index is 6.37. The van der Waals surface area contributed by atoms with Crippen LogP contribution in [-0.4, -0.2) is 6.61 Å². The number of ether oxygens (including phenoxy) is 1. The number of hydrogen-bond donors (Lipinski definition) is 0. The molecule has 2 heteroatoms. The fraction of sp³-hybridized carbons (Fsp3) is 0.636. The first kappa shape index (κ1) is 28.0. The van der Waals surface area contributed by atoms with Gasteiger partial charge >= 0.3 is 0 Å². The van der Waals surface area contributed by atoms with Crippen LogP contribution in [0.1, 0.15) is 135 Å². The van der Waals surface area contributed by atoms with Crippen molar-refractivity contribution in [2.45, 2.75) is 129 Å². The molecule has 0 amide bonds. The molecule has 0 radical (unpaired) electrons. The standard InChI is InChI=1S/C33H50OS/c1-4-5-6-7-8-9-10-11-12-13-14-15-16-17-18-19-22-34-32-21-20-28(27(2)3)23-29-24-30-25-35-26-31(30)33(29)32/h20-21,23-27H,4-19,22H2,1-3H3. The summed E-state index contributed by atoms with van der Waals surface area (Å²) in [4.78, 5) is 0. The minimum absolute atomic E-state index is 0.519. The van der Waals surface area contributed by atoms with Crippen LogP contribution in [0, 0.1) is 0 Å². The lowest BCUT2D eigenvalue weighted by Gasteiger charge is -2.08. The van der Waals surface area contributed by atoms with E-state index in [1.807, 2.05) is 0 Å². The van der Waals surface area contributed by atoms with E-state index < -0.39 is 0 Å². The van der Waals surface area contributed by atoms with E-state index in [-0.39, 0.29) is 0 Å². The van der Waals surface area contributed by atoms with Crippen LogP contribution in [0.25, 0.3) is 21.9 Å². The number of rotatable bonds is 19. The van der Waals surface area contributed by atoms with E-state index in [1.165, 1.54) is 124 Å². The third-order valence-electron chi connectivity index (χ3n) is 7.48. The van der Waals surface area contributed by atoms with Crippen LogP contribution in [0.5, 0.6) is 5.75 Å². The topological polar surface area (TPSA) is 9.23 Å². The second-order valence-electron chi connectivity index (χ2n) is 10.9. The lowest BCUT2D eigenvalue weighted by atomic mass is 10.0. The zero-order valence-corrected chi connectivity index (χ0v) is 23.7. The van der Waals surface area contributed by atoms with Gasteiger partial charge in [0, 0.05) is 10.9 Å². The molecule has 0 unspecified atom stereocenters. The SMILES string of the molecule is CCCCCCCCCCCCCCCCCCOc1ccc(C(C)C)cc2cc3cscc3c1-2. The molecule has 1 aromatic rings. The average Bonchev–Trinajstić information content (AvgIpc) is 3.38. The quantitative estimate of drug-likeness (QED) is 0.151. The summed E-state index contributed by atoms with van der Waals surface area (Å²) in [5, 5.41) is 7.22. The fourth-order valence-corrected chi connectivity index (χ4v) is 6.00. The molecule has 0 spiro atoms. The van der Waals surface area contributed by atoms with Crippen molar-refractivity contribution in [3.05, 3.63) is 40.6 Å². The molecule has 0 saturated carbocycles. The molecule has 0 saturated heterocycles. The Morgan fingerprint density at radius 1 is 0.686 bits per heavy atom. The molecule has 0 aliphatic heterocycles. The van der Waals surface area contributed by atoms with Gasteiger partial charge in [0.2, 0.25) is 0 Å². The van der Waals surface area contributed by atoms with E-state index in [2.05, 4.69) is 55.8 Å². The van der Waals surface area contributed by atoms with Crippen molar-refractivity contribution >= 4 is 22.1 Å². The first-order chi connectivity index (χ1) is 17.2. The maximum atomic E-state index is 6.37. The highest BCUT2D eigenvalue weighted by atomic mass is 32.1. The van der Waals surface area contributed by atoms with E-state index in [4.69, 9.17) is 4.74 Å². The Kier molecular flexibility index (Phi) is 13.0. The van der Waals surface area contributed by atoms with Gasteiger partial charge in [0.25, 0.3) is 0 Å². The maximum Gasteiger partial charge on any atom is 0.127 e. The van der Waals surface area contributed by atoms with E-state index in [1.54, 1.807) is 11.3 Å². The van der Waals surface area contributed by atoms with Crippen molar-refractivity contribution in [3.63, 3.8) is 0 Å².